The van der Waals surface area contributed by atoms with E-state index in [1.807, 2.05) is 0 Å². The molecule has 0 aliphatic carbocycles. The SMILES string of the molecule is COc1cccc(NC(=O)CNC(=O)NC2CCS(=O)(=O)C2)c1. The molecule has 1 unspecified atom stereocenters. The first-order valence-corrected chi connectivity index (χ1v) is 8.89. The number of hydrogen-bond donors (Lipinski definition) is 3. The van der Waals surface area contributed by atoms with Crippen molar-refractivity contribution in [3.63, 3.8) is 0 Å². The minimum atomic E-state index is -3.05. The molecule has 1 saturated heterocycles. The van der Waals surface area contributed by atoms with Gasteiger partial charge < -0.3 is 20.7 Å². The summed E-state index contributed by atoms with van der Waals surface area (Å²) in [5, 5.41) is 7.56. The highest BCUT2D eigenvalue weighted by Gasteiger charge is 2.28. The molecule has 1 aromatic carbocycles. The Kier molecular flexibility index (Phi) is 5.43. The number of hydrogen-bond acceptors (Lipinski definition) is 5. The molecule has 1 fully saturated rings. The van der Waals surface area contributed by atoms with Crippen LogP contribution in [0.5, 0.6) is 5.75 Å². The predicted molar refractivity (Wildman–Crippen MR) is 85.2 cm³/mol. The van der Waals surface area contributed by atoms with Gasteiger partial charge in [0.05, 0.1) is 25.2 Å². The molecule has 0 radical (unpaired) electrons. The van der Waals surface area contributed by atoms with Crippen molar-refractivity contribution < 1.29 is 22.7 Å². The van der Waals surface area contributed by atoms with Crippen LogP contribution in [0.1, 0.15) is 6.42 Å². The van der Waals surface area contributed by atoms with Gasteiger partial charge in [-0.2, -0.15) is 0 Å². The van der Waals surface area contributed by atoms with E-state index in [0.717, 1.165) is 0 Å². The number of amides is 3. The highest BCUT2D eigenvalue weighted by Crippen LogP contribution is 2.16. The monoisotopic (exact) mass is 341 g/mol. The summed E-state index contributed by atoms with van der Waals surface area (Å²) in [5.41, 5.74) is 0.554. The van der Waals surface area contributed by atoms with E-state index in [4.69, 9.17) is 4.74 Å². The van der Waals surface area contributed by atoms with E-state index in [0.29, 0.717) is 17.9 Å². The van der Waals surface area contributed by atoms with Crippen LogP contribution in [0.4, 0.5) is 10.5 Å². The first kappa shape index (κ1) is 17.1. The number of carbonyl (C=O) groups is 2. The van der Waals surface area contributed by atoms with E-state index in [2.05, 4.69) is 16.0 Å². The molecule has 3 N–H and O–H groups in total. The summed E-state index contributed by atoms with van der Waals surface area (Å²) in [6, 6.07) is 5.87. The van der Waals surface area contributed by atoms with Crippen molar-refractivity contribution in [2.75, 3.05) is 30.5 Å². The Morgan fingerprint density at radius 1 is 1.35 bits per heavy atom. The Hall–Kier alpha value is -2.29. The molecule has 1 atom stereocenters. The van der Waals surface area contributed by atoms with Crippen molar-refractivity contribution in [3.05, 3.63) is 24.3 Å². The number of sulfone groups is 1. The van der Waals surface area contributed by atoms with E-state index in [-0.39, 0.29) is 18.1 Å². The standard InChI is InChI=1S/C14H19N3O5S/c1-22-12-4-2-3-10(7-12)16-13(18)8-15-14(19)17-11-5-6-23(20,21)9-11/h2-4,7,11H,5-6,8-9H2,1H3,(H,16,18)(H2,15,17,19). The number of rotatable bonds is 5. The first-order valence-electron chi connectivity index (χ1n) is 7.06. The van der Waals surface area contributed by atoms with Gasteiger partial charge in [-0.15, -0.1) is 0 Å². The van der Waals surface area contributed by atoms with Crippen LogP contribution in [0.2, 0.25) is 0 Å². The number of nitrogens with one attached hydrogen (secondary N) is 3. The van der Waals surface area contributed by atoms with Crippen LogP contribution in [-0.2, 0) is 14.6 Å². The quantitative estimate of drug-likeness (QED) is 0.704. The van der Waals surface area contributed by atoms with Crippen molar-refractivity contribution in [1.29, 1.82) is 0 Å². The lowest BCUT2D eigenvalue weighted by Crippen LogP contribution is -2.45. The summed E-state index contributed by atoms with van der Waals surface area (Å²) in [6.45, 7) is -0.220. The number of carbonyl (C=O) groups excluding carboxylic acids is 2. The molecule has 126 valence electrons. The molecule has 1 aliphatic heterocycles. The van der Waals surface area contributed by atoms with Gasteiger partial charge in [0.15, 0.2) is 9.84 Å². The summed E-state index contributed by atoms with van der Waals surface area (Å²) in [6.07, 6.45) is 0.395. The van der Waals surface area contributed by atoms with Gasteiger partial charge in [0, 0.05) is 17.8 Å². The summed E-state index contributed by atoms with van der Waals surface area (Å²) in [5.74, 6) is 0.230. The fraction of sp³-hybridized carbons (Fsp3) is 0.429. The van der Waals surface area contributed by atoms with Crippen LogP contribution >= 0.6 is 0 Å². The highest BCUT2D eigenvalue weighted by atomic mass is 32.2. The van der Waals surface area contributed by atoms with Gasteiger partial charge in [0.25, 0.3) is 0 Å². The van der Waals surface area contributed by atoms with Crippen LogP contribution in [-0.4, -0.2) is 51.6 Å². The summed E-state index contributed by atoms with van der Waals surface area (Å²) < 4.78 is 27.6. The average Bonchev–Trinajstić information content (AvgIpc) is 2.84. The molecule has 1 heterocycles. The van der Waals surface area contributed by atoms with E-state index >= 15 is 0 Å². The van der Waals surface area contributed by atoms with E-state index in [9.17, 15) is 18.0 Å². The molecular formula is C14H19N3O5S. The van der Waals surface area contributed by atoms with Crippen molar-refractivity contribution in [1.82, 2.24) is 10.6 Å². The second-order valence-electron chi connectivity index (χ2n) is 5.21. The van der Waals surface area contributed by atoms with Gasteiger partial charge in [-0.3, -0.25) is 4.79 Å². The molecule has 1 aliphatic rings. The predicted octanol–water partition coefficient (Wildman–Crippen LogP) is 0.120. The van der Waals surface area contributed by atoms with Crippen LogP contribution in [0, 0.1) is 0 Å². The zero-order chi connectivity index (χ0) is 16.9. The Labute approximate surface area is 134 Å². The number of methoxy groups -OCH3 is 1. The largest absolute Gasteiger partial charge is 0.497 e. The molecule has 1 aromatic rings. The topological polar surface area (TPSA) is 114 Å². The first-order chi connectivity index (χ1) is 10.9. The number of ether oxygens (including phenoxy) is 1. The number of anilines is 1. The normalized spacial score (nSPS) is 18.9. The van der Waals surface area contributed by atoms with Gasteiger partial charge in [0.2, 0.25) is 5.91 Å². The summed E-state index contributed by atoms with van der Waals surface area (Å²) in [7, 11) is -1.53. The summed E-state index contributed by atoms with van der Waals surface area (Å²) in [4.78, 5) is 23.4. The zero-order valence-corrected chi connectivity index (χ0v) is 13.5. The fourth-order valence-electron chi connectivity index (χ4n) is 2.21. The van der Waals surface area contributed by atoms with Crippen LogP contribution in [0.15, 0.2) is 24.3 Å². The molecular weight excluding hydrogens is 322 g/mol. The van der Waals surface area contributed by atoms with Crippen molar-refractivity contribution >= 4 is 27.5 Å². The Morgan fingerprint density at radius 3 is 2.78 bits per heavy atom. The molecule has 0 saturated carbocycles. The van der Waals surface area contributed by atoms with Crippen LogP contribution in [0.3, 0.4) is 0 Å². The Morgan fingerprint density at radius 2 is 2.13 bits per heavy atom. The minimum absolute atomic E-state index is 0.0591. The maximum atomic E-state index is 11.8. The molecule has 8 nitrogen and oxygen atoms in total. The highest BCUT2D eigenvalue weighted by molar-refractivity contribution is 7.91. The molecule has 2 rings (SSSR count). The number of benzene rings is 1. The molecule has 0 aromatic heterocycles. The second kappa shape index (κ2) is 7.32. The smallest absolute Gasteiger partial charge is 0.315 e. The van der Waals surface area contributed by atoms with Crippen molar-refractivity contribution in [2.24, 2.45) is 0 Å². The molecule has 3 amide bonds. The Bertz CT molecular complexity index is 689. The van der Waals surface area contributed by atoms with Crippen molar-refractivity contribution in [3.8, 4) is 5.75 Å². The molecule has 0 spiro atoms. The molecule has 0 bridgehead atoms. The van der Waals surface area contributed by atoms with E-state index in [1.165, 1.54) is 7.11 Å². The number of urea groups is 1. The lowest BCUT2D eigenvalue weighted by molar-refractivity contribution is -0.115. The molecule has 9 heteroatoms. The van der Waals surface area contributed by atoms with E-state index < -0.39 is 27.8 Å². The lowest BCUT2D eigenvalue weighted by atomic mass is 10.3. The lowest BCUT2D eigenvalue weighted by Gasteiger charge is -2.12. The maximum Gasteiger partial charge on any atom is 0.315 e. The zero-order valence-electron chi connectivity index (χ0n) is 12.7. The minimum Gasteiger partial charge on any atom is -0.497 e. The third-order valence-electron chi connectivity index (χ3n) is 3.33. The van der Waals surface area contributed by atoms with Gasteiger partial charge in [-0.25, -0.2) is 13.2 Å². The van der Waals surface area contributed by atoms with E-state index in [1.54, 1.807) is 24.3 Å². The maximum absolute atomic E-state index is 11.8. The van der Waals surface area contributed by atoms with Crippen LogP contribution < -0.4 is 20.7 Å². The summed E-state index contributed by atoms with van der Waals surface area (Å²) >= 11 is 0. The van der Waals surface area contributed by atoms with Gasteiger partial charge >= 0.3 is 6.03 Å². The van der Waals surface area contributed by atoms with Gasteiger partial charge in [0.1, 0.15) is 5.75 Å². The van der Waals surface area contributed by atoms with Gasteiger partial charge in [-0.05, 0) is 18.6 Å². The molecule has 23 heavy (non-hydrogen) atoms. The van der Waals surface area contributed by atoms with Gasteiger partial charge in [-0.1, -0.05) is 6.07 Å². The van der Waals surface area contributed by atoms with Crippen LogP contribution in [0.25, 0.3) is 0 Å². The third kappa shape index (κ3) is 5.44. The average molecular weight is 341 g/mol. The second-order valence-corrected chi connectivity index (χ2v) is 7.44. The Balaban J connectivity index is 1.74. The fourth-order valence-corrected chi connectivity index (χ4v) is 3.89. The third-order valence-corrected chi connectivity index (χ3v) is 5.10. The van der Waals surface area contributed by atoms with Crippen molar-refractivity contribution in [2.45, 2.75) is 12.5 Å².